The topological polar surface area (TPSA) is 101 Å². The standard InChI is InChI=1S/C23H23Cl2N7O2/c1-3-31-11-15(12-31)32-10-14(7-27-32)28-23(33)22-17-6-16(4-5-20(17)29-30-22)34-13(2)21-18(24)8-26-9-19(21)25/h4-10,13,15H,3,11-12H2,1-2H3,(H,28,33)(H,29,30). The molecule has 9 nitrogen and oxygen atoms in total. The fraction of sp³-hybridized carbons (Fsp3) is 0.304. The van der Waals surface area contributed by atoms with Crippen LogP contribution in [0.4, 0.5) is 5.69 Å². The van der Waals surface area contributed by atoms with Gasteiger partial charge in [0.25, 0.3) is 5.91 Å². The second-order valence-corrected chi connectivity index (χ2v) is 9.04. The molecule has 0 radical (unpaired) electrons. The number of benzene rings is 1. The molecule has 11 heteroatoms. The van der Waals surface area contributed by atoms with Gasteiger partial charge >= 0.3 is 0 Å². The minimum atomic E-state index is -0.425. The first-order valence-electron chi connectivity index (χ1n) is 10.9. The zero-order chi connectivity index (χ0) is 23.8. The van der Waals surface area contributed by atoms with Crippen molar-refractivity contribution in [3.8, 4) is 5.75 Å². The Morgan fingerprint density at radius 1 is 1.26 bits per heavy atom. The summed E-state index contributed by atoms with van der Waals surface area (Å²) in [5.74, 6) is 0.220. The van der Waals surface area contributed by atoms with Gasteiger partial charge < -0.3 is 10.1 Å². The van der Waals surface area contributed by atoms with Gasteiger partial charge in [0.05, 0.1) is 33.5 Å². The number of aromatic amines is 1. The molecule has 0 saturated carbocycles. The van der Waals surface area contributed by atoms with Gasteiger partial charge in [-0.3, -0.25) is 24.5 Å². The lowest BCUT2D eigenvalue weighted by Gasteiger charge is -2.38. The summed E-state index contributed by atoms with van der Waals surface area (Å²) in [6, 6.07) is 5.71. The molecule has 2 N–H and O–H groups in total. The highest BCUT2D eigenvalue weighted by Gasteiger charge is 2.27. The molecule has 1 fully saturated rings. The lowest BCUT2D eigenvalue weighted by molar-refractivity contribution is 0.102. The first-order valence-corrected chi connectivity index (χ1v) is 11.7. The quantitative estimate of drug-likeness (QED) is 0.381. The number of carbonyl (C=O) groups is 1. The van der Waals surface area contributed by atoms with E-state index >= 15 is 0 Å². The van der Waals surface area contributed by atoms with E-state index in [0.29, 0.717) is 38.5 Å². The summed E-state index contributed by atoms with van der Waals surface area (Å²) in [5, 5.41) is 15.9. The number of anilines is 1. The second kappa shape index (κ2) is 9.25. The van der Waals surface area contributed by atoms with E-state index in [1.807, 2.05) is 23.9 Å². The van der Waals surface area contributed by atoms with Gasteiger partial charge in [0.1, 0.15) is 11.9 Å². The predicted octanol–water partition coefficient (Wildman–Crippen LogP) is 4.73. The number of H-pyrrole nitrogens is 1. The maximum absolute atomic E-state index is 13.0. The maximum Gasteiger partial charge on any atom is 0.276 e. The van der Waals surface area contributed by atoms with Crippen molar-refractivity contribution in [2.75, 3.05) is 25.0 Å². The van der Waals surface area contributed by atoms with Crippen LogP contribution < -0.4 is 10.1 Å². The molecule has 1 amide bonds. The Morgan fingerprint density at radius 2 is 2.03 bits per heavy atom. The number of likely N-dealkylation sites (tertiary alicyclic amines) is 1. The number of ether oxygens (including phenoxy) is 1. The molecule has 1 unspecified atom stereocenters. The highest BCUT2D eigenvalue weighted by Crippen LogP contribution is 2.33. The molecule has 1 aromatic carbocycles. The van der Waals surface area contributed by atoms with Crippen LogP contribution in [-0.4, -0.2) is 55.4 Å². The Bertz CT molecular complexity index is 1330. The van der Waals surface area contributed by atoms with Crippen molar-refractivity contribution in [1.82, 2.24) is 29.9 Å². The largest absolute Gasteiger partial charge is 0.486 e. The van der Waals surface area contributed by atoms with Gasteiger partial charge in [-0.1, -0.05) is 30.1 Å². The second-order valence-electron chi connectivity index (χ2n) is 8.23. The molecular weight excluding hydrogens is 477 g/mol. The third-order valence-electron chi connectivity index (χ3n) is 5.98. The summed E-state index contributed by atoms with van der Waals surface area (Å²) < 4.78 is 7.97. The highest BCUT2D eigenvalue weighted by atomic mass is 35.5. The zero-order valence-corrected chi connectivity index (χ0v) is 20.1. The van der Waals surface area contributed by atoms with Crippen LogP contribution in [0.15, 0.2) is 43.0 Å². The molecular formula is C23H23Cl2N7O2. The van der Waals surface area contributed by atoms with Gasteiger partial charge in [0.2, 0.25) is 0 Å². The Hall–Kier alpha value is -3.14. The van der Waals surface area contributed by atoms with Crippen LogP contribution in [-0.2, 0) is 0 Å². The van der Waals surface area contributed by atoms with Crippen LogP contribution in [0.3, 0.4) is 0 Å². The first-order chi connectivity index (χ1) is 16.4. The molecule has 0 bridgehead atoms. The van der Waals surface area contributed by atoms with Crippen LogP contribution in [0.1, 0.15) is 42.0 Å². The molecule has 176 valence electrons. The van der Waals surface area contributed by atoms with Gasteiger partial charge in [0, 0.05) is 42.6 Å². The molecule has 34 heavy (non-hydrogen) atoms. The molecule has 0 spiro atoms. The molecule has 1 atom stereocenters. The molecule has 0 aliphatic carbocycles. The van der Waals surface area contributed by atoms with Gasteiger partial charge in [-0.2, -0.15) is 10.2 Å². The predicted molar refractivity (Wildman–Crippen MR) is 131 cm³/mol. The van der Waals surface area contributed by atoms with E-state index in [1.165, 1.54) is 12.4 Å². The molecule has 5 rings (SSSR count). The number of halogens is 2. The van der Waals surface area contributed by atoms with Crippen LogP contribution in [0.5, 0.6) is 5.75 Å². The molecule has 1 aliphatic rings. The van der Waals surface area contributed by atoms with E-state index in [9.17, 15) is 4.79 Å². The average Bonchev–Trinajstić information content (AvgIpc) is 3.40. The van der Waals surface area contributed by atoms with Crippen molar-refractivity contribution < 1.29 is 9.53 Å². The molecule has 4 aromatic rings. The maximum atomic E-state index is 13.0. The smallest absolute Gasteiger partial charge is 0.276 e. The zero-order valence-electron chi connectivity index (χ0n) is 18.6. The van der Waals surface area contributed by atoms with Crippen molar-refractivity contribution in [3.05, 3.63) is 64.3 Å². The van der Waals surface area contributed by atoms with Crippen LogP contribution in [0, 0.1) is 0 Å². The lowest BCUT2D eigenvalue weighted by atomic mass is 10.1. The van der Waals surface area contributed by atoms with Gasteiger partial charge in [0.15, 0.2) is 5.69 Å². The van der Waals surface area contributed by atoms with Crippen LogP contribution in [0.25, 0.3) is 10.9 Å². The van der Waals surface area contributed by atoms with E-state index in [2.05, 4.69) is 37.4 Å². The van der Waals surface area contributed by atoms with E-state index in [1.54, 1.807) is 18.3 Å². The minimum Gasteiger partial charge on any atom is -0.486 e. The van der Waals surface area contributed by atoms with Crippen LogP contribution in [0.2, 0.25) is 10.0 Å². The highest BCUT2D eigenvalue weighted by molar-refractivity contribution is 6.35. The number of aromatic nitrogens is 5. The lowest BCUT2D eigenvalue weighted by Crippen LogP contribution is -2.47. The number of fused-ring (bicyclic) bond motifs is 1. The minimum absolute atomic E-state index is 0.265. The third kappa shape index (κ3) is 4.34. The van der Waals surface area contributed by atoms with Gasteiger partial charge in [-0.25, -0.2) is 0 Å². The van der Waals surface area contributed by atoms with E-state index in [-0.39, 0.29) is 11.6 Å². The van der Waals surface area contributed by atoms with Crippen molar-refractivity contribution in [1.29, 1.82) is 0 Å². The van der Waals surface area contributed by atoms with E-state index < -0.39 is 6.10 Å². The monoisotopic (exact) mass is 499 g/mol. The number of carbonyl (C=O) groups excluding carboxylic acids is 1. The van der Waals surface area contributed by atoms with Crippen molar-refractivity contribution in [2.24, 2.45) is 0 Å². The van der Waals surface area contributed by atoms with Gasteiger partial charge in [-0.05, 0) is 31.7 Å². The Labute approximate surface area is 206 Å². The van der Waals surface area contributed by atoms with Crippen molar-refractivity contribution in [3.63, 3.8) is 0 Å². The average molecular weight is 500 g/mol. The van der Waals surface area contributed by atoms with Crippen LogP contribution >= 0.6 is 23.2 Å². The van der Waals surface area contributed by atoms with Crippen molar-refractivity contribution >= 4 is 45.7 Å². The number of likely N-dealkylation sites (N-methyl/N-ethyl adjacent to an activating group) is 1. The summed E-state index contributed by atoms with van der Waals surface area (Å²) in [6.07, 6.45) is 6.13. The van der Waals surface area contributed by atoms with Crippen molar-refractivity contribution in [2.45, 2.75) is 26.0 Å². The van der Waals surface area contributed by atoms with E-state index in [0.717, 1.165) is 25.2 Å². The summed E-state index contributed by atoms with van der Waals surface area (Å²) in [4.78, 5) is 19.3. The Kier molecular flexibility index (Phi) is 6.16. The van der Waals surface area contributed by atoms with E-state index in [4.69, 9.17) is 27.9 Å². The molecule has 4 heterocycles. The normalized spacial score (nSPS) is 15.3. The number of nitrogens with one attached hydrogen (secondary N) is 2. The number of hydrogen-bond donors (Lipinski definition) is 2. The molecule has 1 aliphatic heterocycles. The number of rotatable bonds is 7. The summed E-state index contributed by atoms with van der Waals surface area (Å²) in [7, 11) is 0. The number of amides is 1. The summed E-state index contributed by atoms with van der Waals surface area (Å²) in [5.41, 5.74) is 2.25. The first kappa shape index (κ1) is 22.6. The Balaban J connectivity index is 1.32. The summed E-state index contributed by atoms with van der Waals surface area (Å²) in [6.45, 7) is 6.94. The number of pyridine rings is 1. The number of hydrogen-bond acceptors (Lipinski definition) is 6. The fourth-order valence-electron chi connectivity index (χ4n) is 4.07. The molecule has 1 saturated heterocycles. The third-order valence-corrected chi connectivity index (χ3v) is 6.58. The fourth-order valence-corrected chi connectivity index (χ4v) is 4.74. The SMILES string of the molecule is CCN1CC(n2cc(NC(=O)c3n[nH]c4ccc(OC(C)c5c(Cl)cncc5Cl)cc34)cn2)C1. The molecule has 3 aromatic heterocycles. The number of nitrogens with zero attached hydrogens (tertiary/aromatic N) is 5. The Morgan fingerprint density at radius 3 is 2.76 bits per heavy atom. The summed E-state index contributed by atoms with van der Waals surface area (Å²) >= 11 is 12.5. The van der Waals surface area contributed by atoms with Gasteiger partial charge in [-0.15, -0.1) is 0 Å².